The van der Waals surface area contributed by atoms with E-state index >= 15 is 0 Å². The predicted octanol–water partition coefficient (Wildman–Crippen LogP) is 5.89. The SMILES string of the molecule is CC(Br)C1CN(c2cccc(C(F)(F)F)c2)C(=O)C1c1cccc(Cl)c1. The Kier molecular flexibility index (Phi) is 5.35. The van der Waals surface area contributed by atoms with Crippen molar-refractivity contribution in [1.82, 2.24) is 0 Å². The van der Waals surface area contributed by atoms with E-state index in [9.17, 15) is 18.0 Å². The number of nitrogens with zero attached hydrogens (tertiary/aromatic N) is 1. The van der Waals surface area contributed by atoms with Crippen molar-refractivity contribution in [2.75, 3.05) is 11.4 Å². The molecule has 3 unspecified atom stereocenters. The Balaban J connectivity index is 2.00. The van der Waals surface area contributed by atoms with E-state index in [4.69, 9.17) is 11.6 Å². The van der Waals surface area contributed by atoms with Gasteiger partial charge in [0.25, 0.3) is 0 Å². The molecule has 7 heteroatoms. The summed E-state index contributed by atoms with van der Waals surface area (Å²) in [6.07, 6.45) is -4.45. The molecule has 26 heavy (non-hydrogen) atoms. The molecule has 3 atom stereocenters. The number of carbonyl (C=O) groups is 1. The van der Waals surface area contributed by atoms with E-state index < -0.39 is 17.7 Å². The van der Waals surface area contributed by atoms with E-state index in [0.717, 1.165) is 17.7 Å². The van der Waals surface area contributed by atoms with Gasteiger partial charge in [0.2, 0.25) is 5.91 Å². The third-order valence-corrected chi connectivity index (χ3v) is 5.55. The Hall–Kier alpha value is -1.53. The number of halogens is 5. The van der Waals surface area contributed by atoms with E-state index in [1.165, 1.54) is 17.0 Å². The molecule has 1 saturated heterocycles. The van der Waals surface area contributed by atoms with Crippen molar-refractivity contribution in [2.45, 2.75) is 23.8 Å². The Bertz CT molecular complexity index is 824. The minimum absolute atomic E-state index is 0.00577. The van der Waals surface area contributed by atoms with Crippen LogP contribution < -0.4 is 4.90 Å². The zero-order valence-corrected chi connectivity index (χ0v) is 16.1. The second kappa shape index (κ2) is 7.24. The van der Waals surface area contributed by atoms with Crippen LogP contribution in [0.2, 0.25) is 5.02 Å². The van der Waals surface area contributed by atoms with Crippen LogP contribution in [-0.2, 0) is 11.0 Å². The van der Waals surface area contributed by atoms with Crippen LogP contribution in [0.1, 0.15) is 24.0 Å². The number of hydrogen-bond acceptors (Lipinski definition) is 1. The second-order valence-electron chi connectivity index (χ2n) is 6.37. The van der Waals surface area contributed by atoms with E-state index in [1.807, 2.05) is 13.0 Å². The lowest BCUT2D eigenvalue weighted by Crippen LogP contribution is -2.26. The summed E-state index contributed by atoms with van der Waals surface area (Å²) in [7, 11) is 0. The third-order valence-electron chi connectivity index (χ3n) is 4.64. The van der Waals surface area contributed by atoms with Gasteiger partial charge in [-0.3, -0.25) is 4.79 Å². The zero-order chi connectivity index (χ0) is 19.1. The minimum atomic E-state index is -4.45. The van der Waals surface area contributed by atoms with Crippen molar-refractivity contribution in [3.05, 3.63) is 64.7 Å². The molecule has 0 spiro atoms. The minimum Gasteiger partial charge on any atom is -0.312 e. The highest BCUT2D eigenvalue weighted by molar-refractivity contribution is 9.09. The number of alkyl halides is 4. The Morgan fingerprint density at radius 2 is 1.88 bits per heavy atom. The molecule has 0 aliphatic carbocycles. The number of anilines is 1. The summed E-state index contributed by atoms with van der Waals surface area (Å²) >= 11 is 9.60. The third kappa shape index (κ3) is 3.76. The van der Waals surface area contributed by atoms with Crippen LogP contribution in [0.5, 0.6) is 0 Å². The molecule has 2 aromatic carbocycles. The highest BCUT2D eigenvalue weighted by Gasteiger charge is 2.44. The highest BCUT2D eigenvalue weighted by atomic mass is 79.9. The lowest BCUT2D eigenvalue weighted by molar-refractivity contribution is -0.137. The van der Waals surface area contributed by atoms with Gasteiger partial charge in [-0.15, -0.1) is 0 Å². The van der Waals surface area contributed by atoms with Gasteiger partial charge in [0.05, 0.1) is 11.5 Å². The van der Waals surface area contributed by atoms with Gasteiger partial charge in [0.15, 0.2) is 0 Å². The van der Waals surface area contributed by atoms with Crippen molar-refractivity contribution < 1.29 is 18.0 Å². The van der Waals surface area contributed by atoms with Gasteiger partial charge in [-0.05, 0) is 35.9 Å². The lowest BCUT2D eigenvalue weighted by Gasteiger charge is -2.19. The van der Waals surface area contributed by atoms with Crippen LogP contribution in [0.4, 0.5) is 18.9 Å². The van der Waals surface area contributed by atoms with Crippen LogP contribution in [-0.4, -0.2) is 17.3 Å². The van der Waals surface area contributed by atoms with Crippen molar-refractivity contribution in [2.24, 2.45) is 5.92 Å². The fraction of sp³-hybridized carbons (Fsp3) is 0.316. The van der Waals surface area contributed by atoms with Gasteiger partial charge in [-0.25, -0.2) is 0 Å². The Morgan fingerprint density at radius 1 is 1.19 bits per heavy atom. The van der Waals surface area contributed by atoms with Crippen LogP contribution in [0.25, 0.3) is 0 Å². The topological polar surface area (TPSA) is 20.3 Å². The normalized spacial score (nSPS) is 21.9. The molecule has 0 aromatic heterocycles. The molecule has 2 nitrogen and oxygen atoms in total. The molecular formula is C19H16BrClF3NO. The maximum atomic E-state index is 13.1. The smallest absolute Gasteiger partial charge is 0.312 e. The van der Waals surface area contributed by atoms with Crippen LogP contribution in [0, 0.1) is 5.92 Å². The number of carbonyl (C=O) groups excluding carboxylic acids is 1. The van der Waals surface area contributed by atoms with Crippen molar-refractivity contribution >= 4 is 39.1 Å². The van der Waals surface area contributed by atoms with Gasteiger partial charge in [-0.1, -0.05) is 52.7 Å². The van der Waals surface area contributed by atoms with Gasteiger partial charge < -0.3 is 4.90 Å². The van der Waals surface area contributed by atoms with E-state index in [2.05, 4.69) is 15.9 Å². The van der Waals surface area contributed by atoms with Crippen molar-refractivity contribution in [1.29, 1.82) is 0 Å². The zero-order valence-electron chi connectivity index (χ0n) is 13.8. The summed E-state index contributed by atoms with van der Waals surface area (Å²) in [6.45, 7) is 2.27. The molecule has 3 rings (SSSR count). The average molecular weight is 447 g/mol. The summed E-state index contributed by atoms with van der Waals surface area (Å²) < 4.78 is 39.1. The van der Waals surface area contributed by atoms with Gasteiger partial charge >= 0.3 is 6.18 Å². The summed E-state index contributed by atoms with van der Waals surface area (Å²) in [5.41, 5.74) is 0.262. The standard InChI is InChI=1S/C19H16BrClF3NO/c1-11(20)16-10-25(15-7-3-5-13(9-15)19(22,23)24)18(26)17(16)12-4-2-6-14(21)8-12/h2-9,11,16-17H,10H2,1H3. The first-order valence-electron chi connectivity index (χ1n) is 8.06. The molecular weight excluding hydrogens is 431 g/mol. The molecule has 1 aliphatic heterocycles. The van der Waals surface area contributed by atoms with Gasteiger partial charge in [0, 0.05) is 28.0 Å². The highest BCUT2D eigenvalue weighted by Crippen LogP contribution is 2.41. The van der Waals surface area contributed by atoms with Crippen molar-refractivity contribution in [3.8, 4) is 0 Å². The van der Waals surface area contributed by atoms with E-state index in [-0.39, 0.29) is 22.3 Å². The number of amides is 1. The van der Waals surface area contributed by atoms with Gasteiger partial charge in [-0.2, -0.15) is 13.2 Å². The quantitative estimate of drug-likeness (QED) is 0.539. The summed E-state index contributed by atoms with van der Waals surface area (Å²) in [5.74, 6) is -0.768. The Labute approximate surface area is 163 Å². The summed E-state index contributed by atoms with van der Waals surface area (Å²) in [6, 6.07) is 11.9. The lowest BCUT2D eigenvalue weighted by atomic mass is 9.87. The first-order valence-corrected chi connectivity index (χ1v) is 9.36. The molecule has 1 aliphatic rings. The monoisotopic (exact) mass is 445 g/mol. The molecule has 1 fully saturated rings. The average Bonchev–Trinajstić information content (AvgIpc) is 2.92. The summed E-state index contributed by atoms with van der Waals surface area (Å²) in [5, 5.41) is 0.522. The molecule has 1 heterocycles. The molecule has 138 valence electrons. The number of benzene rings is 2. The van der Waals surface area contributed by atoms with E-state index in [1.54, 1.807) is 18.2 Å². The largest absolute Gasteiger partial charge is 0.416 e. The first kappa shape index (κ1) is 19.2. The molecule has 0 N–H and O–H groups in total. The van der Waals surface area contributed by atoms with Crippen LogP contribution in [0.15, 0.2) is 48.5 Å². The summed E-state index contributed by atoms with van der Waals surface area (Å²) in [4.78, 5) is 14.5. The molecule has 0 saturated carbocycles. The van der Waals surface area contributed by atoms with Crippen LogP contribution >= 0.6 is 27.5 Å². The number of rotatable bonds is 3. The van der Waals surface area contributed by atoms with Crippen molar-refractivity contribution in [3.63, 3.8) is 0 Å². The molecule has 2 aromatic rings. The Morgan fingerprint density at radius 3 is 2.50 bits per heavy atom. The molecule has 1 amide bonds. The van der Waals surface area contributed by atoms with Gasteiger partial charge in [0.1, 0.15) is 0 Å². The number of hydrogen-bond donors (Lipinski definition) is 0. The van der Waals surface area contributed by atoms with Crippen LogP contribution in [0.3, 0.4) is 0 Å². The first-order chi connectivity index (χ1) is 12.2. The predicted molar refractivity (Wildman–Crippen MR) is 99.9 cm³/mol. The fourth-order valence-electron chi connectivity index (χ4n) is 3.34. The fourth-order valence-corrected chi connectivity index (χ4v) is 4.01. The van der Waals surface area contributed by atoms with E-state index in [0.29, 0.717) is 11.6 Å². The molecule has 0 bridgehead atoms. The molecule has 0 radical (unpaired) electrons. The second-order valence-corrected chi connectivity index (χ2v) is 8.25. The maximum absolute atomic E-state index is 13.1. The maximum Gasteiger partial charge on any atom is 0.416 e.